The third kappa shape index (κ3) is 6.15. The van der Waals surface area contributed by atoms with Crippen LogP contribution in [0.2, 0.25) is 0 Å². The van der Waals surface area contributed by atoms with Crippen molar-refractivity contribution in [2.24, 2.45) is 0 Å². The number of hydrogen-bond donors (Lipinski definition) is 1. The average molecular weight is 386 g/mol. The summed E-state index contributed by atoms with van der Waals surface area (Å²) in [7, 11) is 0. The lowest BCUT2D eigenvalue weighted by molar-refractivity contribution is -0.136. The number of rotatable bonds is 6. The number of hydrogen-bond acceptors (Lipinski definition) is 3. The molecule has 0 saturated carbocycles. The summed E-state index contributed by atoms with van der Waals surface area (Å²) >= 11 is 0. The van der Waals surface area contributed by atoms with Crippen molar-refractivity contribution in [1.29, 1.82) is 0 Å². The van der Waals surface area contributed by atoms with Gasteiger partial charge in [-0.15, -0.1) is 0 Å². The molecule has 0 radical (unpaired) electrons. The molecule has 0 fully saturated rings. The Labute approximate surface area is 170 Å². The van der Waals surface area contributed by atoms with Crippen LogP contribution in [0.25, 0.3) is 0 Å². The van der Waals surface area contributed by atoms with Gasteiger partial charge in [-0.1, -0.05) is 47.7 Å². The number of aliphatic carboxylic acids is 1. The van der Waals surface area contributed by atoms with Gasteiger partial charge in [0.1, 0.15) is 12.4 Å². The maximum atomic E-state index is 11.0. The molecule has 3 rings (SSSR count). The molecule has 29 heavy (non-hydrogen) atoms. The van der Waals surface area contributed by atoms with Crippen molar-refractivity contribution in [2.75, 3.05) is 6.61 Å². The summed E-state index contributed by atoms with van der Waals surface area (Å²) in [5.74, 6) is 6.90. The van der Waals surface area contributed by atoms with Crippen LogP contribution in [-0.4, -0.2) is 17.7 Å². The minimum atomic E-state index is -0.877. The molecule has 0 amide bonds. The van der Waals surface area contributed by atoms with E-state index in [9.17, 15) is 4.79 Å². The van der Waals surface area contributed by atoms with E-state index >= 15 is 0 Å². The Morgan fingerprint density at radius 2 is 1.66 bits per heavy atom. The Bertz CT molecular complexity index is 1060. The quantitative estimate of drug-likeness (QED) is 0.595. The van der Waals surface area contributed by atoms with Crippen LogP contribution < -0.4 is 9.47 Å². The van der Waals surface area contributed by atoms with E-state index < -0.39 is 5.97 Å². The lowest BCUT2D eigenvalue weighted by Crippen LogP contribution is -2.01. The molecule has 0 unspecified atom stereocenters. The van der Waals surface area contributed by atoms with Crippen LogP contribution in [0.15, 0.2) is 66.7 Å². The van der Waals surface area contributed by atoms with Crippen molar-refractivity contribution in [3.05, 3.63) is 89.0 Å². The van der Waals surface area contributed by atoms with Crippen LogP contribution >= 0.6 is 0 Å². The van der Waals surface area contributed by atoms with Crippen molar-refractivity contribution in [3.8, 4) is 29.1 Å². The Balaban J connectivity index is 1.70. The molecule has 0 aliphatic heterocycles. The molecule has 146 valence electrons. The van der Waals surface area contributed by atoms with Gasteiger partial charge in [-0.2, -0.15) is 0 Å². The Kier molecular flexibility index (Phi) is 6.55. The lowest BCUT2D eigenvalue weighted by atomic mass is 10.1. The van der Waals surface area contributed by atoms with E-state index in [-0.39, 0.29) is 13.0 Å². The first-order valence-electron chi connectivity index (χ1n) is 9.27. The zero-order valence-electron chi connectivity index (χ0n) is 16.4. The summed E-state index contributed by atoms with van der Waals surface area (Å²) in [4.78, 5) is 11.0. The number of carbonyl (C=O) groups is 1. The molecule has 4 heteroatoms. The smallest absolute Gasteiger partial charge is 0.307 e. The zero-order chi connectivity index (χ0) is 20.6. The third-order valence-electron chi connectivity index (χ3n) is 4.13. The largest absolute Gasteiger partial charge is 0.481 e. The third-order valence-corrected chi connectivity index (χ3v) is 4.13. The first kappa shape index (κ1) is 20.0. The molecule has 3 aromatic rings. The predicted octanol–water partition coefficient (Wildman–Crippen LogP) is 5.15. The van der Waals surface area contributed by atoms with Crippen LogP contribution in [0.3, 0.4) is 0 Å². The van der Waals surface area contributed by atoms with Gasteiger partial charge in [-0.25, -0.2) is 0 Å². The van der Waals surface area contributed by atoms with E-state index in [1.165, 1.54) is 5.56 Å². The highest BCUT2D eigenvalue weighted by atomic mass is 16.5. The summed E-state index contributed by atoms with van der Waals surface area (Å²) in [6, 6.07) is 20.8. The molecule has 1 N–H and O–H groups in total. The van der Waals surface area contributed by atoms with Gasteiger partial charge in [0.15, 0.2) is 11.5 Å². The minimum absolute atomic E-state index is 0.0508. The first-order chi connectivity index (χ1) is 14.0. The SMILES string of the molecule is Cc1ccc(C#CCOc2ccccc2Oc2cc(C)cc(CC(=O)O)c2)cc1. The molecule has 3 aromatic carbocycles. The highest BCUT2D eigenvalue weighted by Gasteiger charge is 2.08. The molecule has 0 atom stereocenters. The molecule has 0 aliphatic rings. The van der Waals surface area contributed by atoms with Crippen LogP contribution in [0, 0.1) is 25.7 Å². The van der Waals surface area contributed by atoms with Crippen molar-refractivity contribution in [1.82, 2.24) is 0 Å². The van der Waals surface area contributed by atoms with Crippen molar-refractivity contribution < 1.29 is 19.4 Å². The second-order valence-corrected chi connectivity index (χ2v) is 6.73. The fraction of sp³-hybridized carbons (Fsp3) is 0.160. The number of carboxylic acids is 1. The summed E-state index contributed by atoms with van der Waals surface area (Å²) in [6.07, 6.45) is -0.0508. The van der Waals surface area contributed by atoms with E-state index in [0.29, 0.717) is 22.8 Å². The van der Waals surface area contributed by atoms with Crippen molar-refractivity contribution >= 4 is 5.97 Å². The summed E-state index contributed by atoms with van der Waals surface area (Å²) in [5.41, 5.74) is 3.76. The Hall–Kier alpha value is -3.71. The summed E-state index contributed by atoms with van der Waals surface area (Å²) < 4.78 is 11.8. The van der Waals surface area contributed by atoms with Crippen LogP contribution in [-0.2, 0) is 11.2 Å². The van der Waals surface area contributed by atoms with E-state index in [1.54, 1.807) is 6.07 Å². The normalized spacial score (nSPS) is 10.0. The maximum absolute atomic E-state index is 11.0. The van der Waals surface area contributed by atoms with Crippen LogP contribution in [0.4, 0.5) is 0 Å². The van der Waals surface area contributed by atoms with Gasteiger partial charge in [0.2, 0.25) is 0 Å². The molecule has 0 heterocycles. The molecule has 0 bridgehead atoms. The van der Waals surface area contributed by atoms with Crippen molar-refractivity contribution in [3.63, 3.8) is 0 Å². The number of ether oxygens (including phenoxy) is 2. The van der Waals surface area contributed by atoms with Gasteiger partial charge in [0.25, 0.3) is 0 Å². The fourth-order valence-electron chi connectivity index (χ4n) is 2.83. The van der Waals surface area contributed by atoms with Gasteiger partial charge >= 0.3 is 5.97 Å². The van der Waals surface area contributed by atoms with E-state index in [4.69, 9.17) is 14.6 Å². The second-order valence-electron chi connectivity index (χ2n) is 6.73. The number of benzene rings is 3. The summed E-state index contributed by atoms with van der Waals surface area (Å²) in [6.45, 7) is 4.17. The van der Waals surface area contributed by atoms with E-state index in [1.807, 2.05) is 74.5 Å². The number of aryl methyl sites for hydroxylation is 2. The number of para-hydroxylation sites is 2. The fourth-order valence-corrected chi connectivity index (χ4v) is 2.83. The van der Waals surface area contributed by atoms with Gasteiger partial charge < -0.3 is 14.6 Å². The molecule has 0 saturated heterocycles. The lowest BCUT2D eigenvalue weighted by Gasteiger charge is -2.12. The second kappa shape index (κ2) is 9.48. The van der Waals surface area contributed by atoms with Crippen LogP contribution in [0.5, 0.6) is 17.2 Å². The average Bonchev–Trinajstić information content (AvgIpc) is 2.67. The van der Waals surface area contributed by atoms with Crippen molar-refractivity contribution in [2.45, 2.75) is 20.3 Å². The molecule has 0 spiro atoms. The van der Waals surface area contributed by atoms with Gasteiger partial charge in [0, 0.05) is 5.56 Å². The molecule has 0 aromatic heterocycles. The Morgan fingerprint density at radius 3 is 2.38 bits per heavy atom. The van der Waals surface area contributed by atoms with Gasteiger partial charge in [-0.05, 0) is 61.4 Å². The highest BCUT2D eigenvalue weighted by Crippen LogP contribution is 2.32. The van der Waals surface area contributed by atoms with E-state index in [2.05, 4.69) is 11.8 Å². The minimum Gasteiger partial charge on any atom is -0.481 e. The Morgan fingerprint density at radius 1 is 0.931 bits per heavy atom. The summed E-state index contributed by atoms with van der Waals surface area (Å²) in [5, 5.41) is 9.03. The molecule has 0 aliphatic carbocycles. The number of carboxylic acid groups (broad SMARTS) is 1. The monoisotopic (exact) mass is 386 g/mol. The highest BCUT2D eigenvalue weighted by molar-refractivity contribution is 5.70. The van der Waals surface area contributed by atoms with Gasteiger partial charge in [0.05, 0.1) is 6.42 Å². The standard InChI is InChI=1S/C25H22O4/c1-18-9-11-20(12-10-18)6-5-13-28-23-7-3-4-8-24(23)29-22-15-19(2)14-21(16-22)17-25(26)27/h3-4,7-12,14-16H,13,17H2,1-2H3,(H,26,27). The first-order valence-corrected chi connectivity index (χ1v) is 9.27. The van der Waals surface area contributed by atoms with Crippen LogP contribution in [0.1, 0.15) is 22.3 Å². The molecule has 4 nitrogen and oxygen atoms in total. The maximum Gasteiger partial charge on any atom is 0.307 e. The molecular weight excluding hydrogens is 364 g/mol. The molecular formula is C25H22O4. The van der Waals surface area contributed by atoms with E-state index in [0.717, 1.165) is 11.1 Å². The van der Waals surface area contributed by atoms with Gasteiger partial charge in [-0.3, -0.25) is 4.79 Å². The zero-order valence-corrected chi connectivity index (χ0v) is 16.4. The predicted molar refractivity (Wildman–Crippen MR) is 113 cm³/mol. The topological polar surface area (TPSA) is 55.8 Å².